The first-order chi connectivity index (χ1) is 7.38. The molecule has 0 aromatic heterocycles. The molecule has 0 heteroatoms. The minimum Gasteiger partial charge on any atom is -0.0870 e. The van der Waals surface area contributed by atoms with E-state index < -0.39 is 0 Å². The van der Waals surface area contributed by atoms with Crippen molar-refractivity contribution in [2.45, 2.75) is 33.1 Å². The van der Waals surface area contributed by atoms with Crippen LogP contribution >= 0.6 is 0 Å². The highest BCUT2D eigenvalue weighted by molar-refractivity contribution is 5.64. The molecule has 1 rings (SSSR count). The Morgan fingerprint density at radius 1 is 1.07 bits per heavy atom. The second-order valence-corrected chi connectivity index (χ2v) is 3.67. The minimum absolute atomic E-state index is 1.18. The number of hydrogen-bond donors (Lipinski definition) is 0. The first-order valence-electron chi connectivity index (χ1n) is 5.76. The van der Waals surface area contributed by atoms with Gasteiger partial charge < -0.3 is 0 Å². The average Bonchev–Trinajstić information content (AvgIpc) is 2.27. The van der Waals surface area contributed by atoms with Gasteiger partial charge >= 0.3 is 0 Å². The van der Waals surface area contributed by atoms with Gasteiger partial charge in [0.2, 0.25) is 0 Å². The van der Waals surface area contributed by atoms with Crippen molar-refractivity contribution in [3.63, 3.8) is 0 Å². The van der Waals surface area contributed by atoms with Crippen molar-refractivity contribution < 1.29 is 0 Å². The van der Waals surface area contributed by atoms with Crippen LogP contribution in [-0.4, -0.2) is 0 Å². The molecular weight excluding hydrogens is 180 g/mol. The second kappa shape index (κ2) is 7.05. The number of unbranched alkanes of at least 4 members (excludes halogenated alkanes) is 2. The highest BCUT2D eigenvalue weighted by atomic mass is 14.0. The van der Waals surface area contributed by atoms with Gasteiger partial charge in [-0.3, -0.25) is 0 Å². The first-order valence-corrected chi connectivity index (χ1v) is 5.76. The molecule has 0 aliphatic carbocycles. The van der Waals surface area contributed by atoms with Crippen LogP contribution in [0, 0.1) is 0 Å². The second-order valence-electron chi connectivity index (χ2n) is 3.67. The van der Waals surface area contributed by atoms with Crippen LogP contribution in [0.4, 0.5) is 0 Å². The Labute approximate surface area is 93.3 Å². The molecule has 0 N–H and O–H groups in total. The monoisotopic (exact) mass is 200 g/mol. The molecular formula is C15H20. The van der Waals surface area contributed by atoms with Crippen LogP contribution in [0.2, 0.25) is 0 Å². The van der Waals surface area contributed by atoms with Crippen LogP contribution < -0.4 is 0 Å². The fourth-order valence-corrected chi connectivity index (χ4v) is 1.53. The quantitative estimate of drug-likeness (QED) is 0.592. The van der Waals surface area contributed by atoms with Crippen molar-refractivity contribution in [3.05, 3.63) is 47.5 Å². The summed E-state index contributed by atoms with van der Waals surface area (Å²) in [6.07, 6.45) is 12.5. The molecule has 0 amide bonds. The predicted molar refractivity (Wildman–Crippen MR) is 69.7 cm³/mol. The summed E-state index contributed by atoms with van der Waals surface area (Å²) in [5.41, 5.74) is 2.61. The summed E-state index contributed by atoms with van der Waals surface area (Å²) < 4.78 is 0. The molecule has 0 nitrogen and oxygen atoms in total. The smallest absolute Gasteiger partial charge is 0.0187 e. The fraction of sp³-hybridized carbons (Fsp3) is 0.333. The highest BCUT2D eigenvalue weighted by Gasteiger charge is 1.92. The Morgan fingerprint density at radius 3 is 2.33 bits per heavy atom. The molecule has 15 heavy (non-hydrogen) atoms. The maximum atomic E-state index is 2.27. The third-order valence-corrected chi connectivity index (χ3v) is 2.36. The zero-order valence-electron chi connectivity index (χ0n) is 9.74. The molecule has 0 aliphatic rings. The molecule has 0 bridgehead atoms. The van der Waals surface area contributed by atoms with Gasteiger partial charge in [-0.05, 0) is 24.5 Å². The Hall–Kier alpha value is -1.30. The topological polar surface area (TPSA) is 0 Å². The van der Waals surface area contributed by atoms with Gasteiger partial charge in [-0.1, -0.05) is 68.3 Å². The number of benzene rings is 1. The summed E-state index contributed by atoms with van der Waals surface area (Å²) in [5.74, 6) is 0. The lowest BCUT2D eigenvalue weighted by Gasteiger charge is -1.99. The van der Waals surface area contributed by atoms with Crippen LogP contribution in [-0.2, 0) is 0 Å². The molecule has 0 radical (unpaired) electrons. The number of rotatable bonds is 5. The predicted octanol–water partition coefficient (Wildman–Crippen LogP) is 4.92. The molecule has 0 unspecified atom stereocenters. The number of allylic oxidation sites excluding steroid dienone is 2. The van der Waals surface area contributed by atoms with Crippen LogP contribution in [0.5, 0.6) is 0 Å². The minimum atomic E-state index is 1.18. The molecule has 0 saturated heterocycles. The lowest BCUT2D eigenvalue weighted by Crippen LogP contribution is -1.78. The molecule has 0 spiro atoms. The number of hydrogen-bond acceptors (Lipinski definition) is 0. The molecule has 80 valence electrons. The van der Waals surface area contributed by atoms with E-state index in [1.807, 2.05) is 0 Å². The van der Waals surface area contributed by atoms with E-state index >= 15 is 0 Å². The van der Waals surface area contributed by atoms with E-state index in [2.05, 4.69) is 62.4 Å². The van der Waals surface area contributed by atoms with Crippen LogP contribution in [0.1, 0.15) is 44.2 Å². The lowest BCUT2D eigenvalue weighted by atomic mass is 10.1. The van der Waals surface area contributed by atoms with E-state index in [9.17, 15) is 0 Å². The van der Waals surface area contributed by atoms with Crippen molar-refractivity contribution in [1.29, 1.82) is 0 Å². The lowest BCUT2D eigenvalue weighted by molar-refractivity contribution is 0.816. The largest absolute Gasteiger partial charge is 0.0870 e. The van der Waals surface area contributed by atoms with Gasteiger partial charge in [0, 0.05) is 0 Å². The molecule has 0 heterocycles. The Bertz CT molecular complexity index is 332. The fourth-order valence-electron chi connectivity index (χ4n) is 1.53. The SMILES string of the molecule is C/C=C\c1ccccc1/C=C\CCCC. The summed E-state index contributed by atoms with van der Waals surface area (Å²) in [6.45, 7) is 4.28. The van der Waals surface area contributed by atoms with E-state index in [1.165, 1.54) is 30.4 Å². The van der Waals surface area contributed by atoms with Gasteiger partial charge in [-0.25, -0.2) is 0 Å². The summed E-state index contributed by atoms with van der Waals surface area (Å²) in [5, 5.41) is 0. The van der Waals surface area contributed by atoms with E-state index in [4.69, 9.17) is 0 Å². The van der Waals surface area contributed by atoms with E-state index in [0.29, 0.717) is 0 Å². The normalized spacial score (nSPS) is 11.6. The first kappa shape index (κ1) is 11.8. The zero-order chi connectivity index (χ0) is 10.9. The highest BCUT2D eigenvalue weighted by Crippen LogP contribution is 2.13. The Kier molecular flexibility index (Phi) is 5.54. The van der Waals surface area contributed by atoms with Crippen LogP contribution in [0.15, 0.2) is 36.4 Å². The van der Waals surface area contributed by atoms with Gasteiger partial charge in [0.25, 0.3) is 0 Å². The molecule has 0 saturated carbocycles. The molecule has 1 aromatic carbocycles. The van der Waals surface area contributed by atoms with Crippen molar-refractivity contribution in [2.75, 3.05) is 0 Å². The van der Waals surface area contributed by atoms with Gasteiger partial charge in [-0.2, -0.15) is 0 Å². The average molecular weight is 200 g/mol. The zero-order valence-corrected chi connectivity index (χ0v) is 9.74. The summed E-state index contributed by atoms with van der Waals surface area (Å²) >= 11 is 0. The van der Waals surface area contributed by atoms with Gasteiger partial charge in [0.1, 0.15) is 0 Å². The van der Waals surface area contributed by atoms with Gasteiger partial charge in [0.05, 0.1) is 0 Å². The Morgan fingerprint density at radius 2 is 1.73 bits per heavy atom. The third kappa shape index (κ3) is 4.16. The van der Waals surface area contributed by atoms with Gasteiger partial charge in [-0.15, -0.1) is 0 Å². The third-order valence-electron chi connectivity index (χ3n) is 2.36. The van der Waals surface area contributed by atoms with Crippen molar-refractivity contribution >= 4 is 12.2 Å². The maximum absolute atomic E-state index is 2.27. The van der Waals surface area contributed by atoms with Gasteiger partial charge in [0.15, 0.2) is 0 Å². The van der Waals surface area contributed by atoms with E-state index in [-0.39, 0.29) is 0 Å². The summed E-state index contributed by atoms with van der Waals surface area (Å²) in [6, 6.07) is 8.49. The molecule has 0 aliphatic heterocycles. The van der Waals surface area contributed by atoms with E-state index in [1.54, 1.807) is 0 Å². The standard InChI is InChI=1S/C15H20/c1-3-5-6-7-11-15-13-9-8-12-14(15)10-4-2/h4,7-13H,3,5-6H2,1-2H3/b10-4-,11-7-. The van der Waals surface area contributed by atoms with Crippen molar-refractivity contribution in [1.82, 2.24) is 0 Å². The van der Waals surface area contributed by atoms with Crippen LogP contribution in [0.25, 0.3) is 12.2 Å². The summed E-state index contributed by atoms with van der Waals surface area (Å²) in [4.78, 5) is 0. The Balaban J connectivity index is 2.70. The van der Waals surface area contributed by atoms with Crippen LogP contribution in [0.3, 0.4) is 0 Å². The molecule has 0 fully saturated rings. The maximum Gasteiger partial charge on any atom is -0.0187 e. The summed E-state index contributed by atoms with van der Waals surface area (Å²) in [7, 11) is 0. The molecule has 1 aromatic rings. The van der Waals surface area contributed by atoms with E-state index in [0.717, 1.165) is 0 Å². The van der Waals surface area contributed by atoms with Crippen molar-refractivity contribution in [3.8, 4) is 0 Å². The van der Waals surface area contributed by atoms with Crippen molar-refractivity contribution in [2.24, 2.45) is 0 Å². The molecule has 0 atom stereocenters.